The standard InChI is InChI=1S/C14H19N5O/c1-14(2,3)12-8-11(16-17-12)13(20)18-15-9-10-6-5-7-19(10)4/h5-9H,1-4H3,(H,16,17)(H,18,20)/b15-9-. The molecule has 2 heterocycles. The summed E-state index contributed by atoms with van der Waals surface area (Å²) in [6, 6.07) is 5.56. The molecule has 2 N–H and O–H groups in total. The molecule has 0 aliphatic carbocycles. The Morgan fingerprint density at radius 1 is 1.50 bits per heavy atom. The van der Waals surface area contributed by atoms with Gasteiger partial charge in [0.1, 0.15) is 0 Å². The molecule has 0 aromatic carbocycles. The third-order valence-corrected chi connectivity index (χ3v) is 2.97. The molecule has 0 bridgehead atoms. The summed E-state index contributed by atoms with van der Waals surface area (Å²) in [6.45, 7) is 6.15. The Balaban J connectivity index is 2.01. The normalized spacial score (nSPS) is 12.0. The van der Waals surface area contributed by atoms with E-state index in [1.165, 1.54) is 0 Å². The fraction of sp³-hybridized carbons (Fsp3) is 0.357. The van der Waals surface area contributed by atoms with Gasteiger partial charge < -0.3 is 4.57 Å². The lowest BCUT2D eigenvalue weighted by Gasteiger charge is -2.14. The number of hydrazone groups is 1. The van der Waals surface area contributed by atoms with E-state index in [1.54, 1.807) is 12.3 Å². The first kappa shape index (κ1) is 14.0. The number of aryl methyl sites for hydroxylation is 1. The van der Waals surface area contributed by atoms with Crippen molar-refractivity contribution in [2.45, 2.75) is 26.2 Å². The lowest BCUT2D eigenvalue weighted by molar-refractivity contribution is 0.0950. The van der Waals surface area contributed by atoms with Crippen LogP contribution in [0.5, 0.6) is 0 Å². The molecule has 0 aliphatic heterocycles. The minimum absolute atomic E-state index is 0.0716. The van der Waals surface area contributed by atoms with Gasteiger partial charge in [0.2, 0.25) is 0 Å². The number of nitrogens with zero attached hydrogens (tertiary/aromatic N) is 3. The van der Waals surface area contributed by atoms with E-state index >= 15 is 0 Å². The van der Waals surface area contributed by atoms with Crippen molar-refractivity contribution in [3.05, 3.63) is 41.5 Å². The molecule has 0 saturated heterocycles. The largest absolute Gasteiger partial charge is 0.350 e. The lowest BCUT2D eigenvalue weighted by Crippen LogP contribution is -2.18. The predicted octanol–water partition coefficient (Wildman–Crippen LogP) is 1.81. The van der Waals surface area contributed by atoms with Gasteiger partial charge in [-0.05, 0) is 18.2 Å². The number of H-pyrrole nitrogens is 1. The Morgan fingerprint density at radius 2 is 2.25 bits per heavy atom. The van der Waals surface area contributed by atoms with Crippen molar-refractivity contribution in [2.24, 2.45) is 12.1 Å². The summed E-state index contributed by atoms with van der Waals surface area (Å²) in [6.07, 6.45) is 3.50. The van der Waals surface area contributed by atoms with Gasteiger partial charge in [0, 0.05) is 24.4 Å². The maximum Gasteiger partial charge on any atom is 0.291 e. The van der Waals surface area contributed by atoms with Crippen molar-refractivity contribution in [3.8, 4) is 0 Å². The Bertz CT molecular complexity index is 630. The van der Waals surface area contributed by atoms with Gasteiger partial charge in [-0.25, -0.2) is 5.43 Å². The first-order chi connectivity index (χ1) is 9.38. The zero-order chi connectivity index (χ0) is 14.8. The summed E-state index contributed by atoms with van der Waals surface area (Å²) in [5, 5.41) is 10.8. The third kappa shape index (κ3) is 3.14. The second-order valence-corrected chi connectivity index (χ2v) is 5.66. The fourth-order valence-electron chi connectivity index (χ4n) is 1.65. The van der Waals surface area contributed by atoms with Crippen LogP contribution >= 0.6 is 0 Å². The average Bonchev–Trinajstić information content (AvgIpc) is 2.98. The van der Waals surface area contributed by atoms with E-state index in [0.717, 1.165) is 11.4 Å². The first-order valence-corrected chi connectivity index (χ1v) is 6.38. The van der Waals surface area contributed by atoms with Crippen LogP contribution in [0.4, 0.5) is 0 Å². The van der Waals surface area contributed by atoms with E-state index in [-0.39, 0.29) is 11.3 Å². The summed E-state index contributed by atoms with van der Waals surface area (Å²) in [7, 11) is 1.91. The first-order valence-electron chi connectivity index (χ1n) is 6.38. The lowest BCUT2D eigenvalue weighted by atomic mass is 9.92. The summed E-state index contributed by atoms with van der Waals surface area (Å²) in [5.41, 5.74) is 4.54. The highest BCUT2D eigenvalue weighted by atomic mass is 16.2. The molecule has 0 unspecified atom stereocenters. The Kier molecular flexibility index (Phi) is 3.74. The van der Waals surface area contributed by atoms with E-state index < -0.39 is 0 Å². The Hall–Kier alpha value is -2.37. The molecule has 20 heavy (non-hydrogen) atoms. The van der Waals surface area contributed by atoms with Crippen LogP contribution < -0.4 is 5.43 Å². The molecule has 6 heteroatoms. The van der Waals surface area contributed by atoms with Gasteiger partial charge in [-0.2, -0.15) is 10.2 Å². The molecule has 0 atom stereocenters. The summed E-state index contributed by atoms with van der Waals surface area (Å²) in [4.78, 5) is 11.9. The highest BCUT2D eigenvalue weighted by Gasteiger charge is 2.19. The van der Waals surface area contributed by atoms with Gasteiger partial charge in [0.05, 0.1) is 11.9 Å². The van der Waals surface area contributed by atoms with Crippen molar-refractivity contribution in [3.63, 3.8) is 0 Å². The highest BCUT2D eigenvalue weighted by Crippen LogP contribution is 2.20. The van der Waals surface area contributed by atoms with Crippen LogP contribution in [0.25, 0.3) is 0 Å². The van der Waals surface area contributed by atoms with Crippen molar-refractivity contribution in [1.82, 2.24) is 20.2 Å². The summed E-state index contributed by atoms with van der Waals surface area (Å²) < 4.78 is 1.90. The molecule has 0 fully saturated rings. The molecule has 2 aromatic heterocycles. The van der Waals surface area contributed by atoms with Crippen LogP contribution in [0.1, 0.15) is 42.6 Å². The van der Waals surface area contributed by atoms with E-state index in [1.807, 2.05) is 29.9 Å². The van der Waals surface area contributed by atoms with Gasteiger partial charge in [0.25, 0.3) is 5.91 Å². The maximum absolute atomic E-state index is 11.9. The molecule has 1 amide bonds. The number of hydrogen-bond donors (Lipinski definition) is 2. The number of nitrogens with one attached hydrogen (secondary N) is 2. The molecule has 0 aliphatic rings. The van der Waals surface area contributed by atoms with Gasteiger partial charge in [-0.3, -0.25) is 9.89 Å². The zero-order valence-corrected chi connectivity index (χ0v) is 12.1. The fourth-order valence-corrected chi connectivity index (χ4v) is 1.65. The van der Waals surface area contributed by atoms with E-state index in [2.05, 4.69) is 41.5 Å². The number of hydrogen-bond acceptors (Lipinski definition) is 3. The minimum Gasteiger partial charge on any atom is -0.350 e. The van der Waals surface area contributed by atoms with Crippen LogP contribution in [0.2, 0.25) is 0 Å². The molecular weight excluding hydrogens is 254 g/mol. The molecule has 6 nitrogen and oxygen atoms in total. The van der Waals surface area contributed by atoms with Crippen molar-refractivity contribution < 1.29 is 4.79 Å². The summed E-state index contributed by atoms with van der Waals surface area (Å²) in [5.74, 6) is -0.331. The third-order valence-electron chi connectivity index (χ3n) is 2.97. The molecule has 2 rings (SSSR count). The number of aromatic amines is 1. The minimum atomic E-state index is -0.331. The second-order valence-electron chi connectivity index (χ2n) is 5.66. The van der Waals surface area contributed by atoms with Gasteiger partial charge in [-0.1, -0.05) is 20.8 Å². The van der Waals surface area contributed by atoms with Crippen molar-refractivity contribution in [2.75, 3.05) is 0 Å². The molecule has 106 valence electrons. The molecule has 0 saturated carbocycles. The maximum atomic E-state index is 11.9. The van der Waals surface area contributed by atoms with Crippen LogP contribution in [-0.2, 0) is 12.5 Å². The zero-order valence-electron chi connectivity index (χ0n) is 12.1. The van der Waals surface area contributed by atoms with Crippen LogP contribution in [0, 0.1) is 0 Å². The highest BCUT2D eigenvalue weighted by molar-refractivity contribution is 5.93. The van der Waals surface area contributed by atoms with Gasteiger partial charge in [0.15, 0.2) is 5.69 Å². The average molecular weight is 273 g/mol. The summed E-state index contributed by atoms with van der Waals surface area (Å²) >= 11 is 0. The predicted molar refractivity (Wildman–Crippen MR) is 77.8 cm³/mol. The van der Waals surface area contributed by atoms with Crippen LogP contribution in [0.3, 0.4) is 0 Å². The van der Waals surface area contributed by atoms with E-state index in [0.29, 0.717) is 5.69 Å². The number of aromatic nitrogens is 3. The number of rotatable bonds is 3. The quantitative estimate of drug-likeness (QED) is 0.661. The Labute approximate surface area is 117 Å². The monoisotopic (exact) mass is 273 g/mol. The van der Waals surface area contributed by atoms with Crippen molar-refractivity contribution >= 4 is 12.1 Å². The van der Waals surface area contributed by atoms with Crippen molar-refractivity contribution in [1.29, 1.82) is 0 Å². The number of carbonyl (C=O) groups is 1. The van der Waals surface area contributed by atoms with Gasteiger partial charge >= 0.3 is 0 Å². The van der Waals surface area contributed by atoms with E-state index in [9.17, 15) is 4.79 Å². The second kappa shape index (κ2) is 5.32. The van der Waals surface area contributed by atoms with E-state index in [4.69, 9.17) is 0 Å². The van der Waals surface area contributed by atoms with Crippen LogP contribution in [-0.4, -0.2) is 26.9 Å². The molecule has 0 spiro atoms. The Morgan fingerprint density at radius 3 is 2.80 bits per heavy atom. The smallest absolute Gasteiger partial charge is 0.291 e. The number of amides is 1. The SMILES string of the molecule is Cn1cccc1/C=N\NC(=O)c1cc(C(C)(C)C)[nH]n1. The molecule has 0 radical (unpaired) electrons. The van der Waals surface area contributed by atoms with Gasteiger partial charge in [-0.15, -0.1) is 0 Å². The topological polar surface area (TPSA) is 75.1 Å². The number of carbonyl (C=O) groups excluding carboxylic acids is 1. The molecule has 2 aromatic rings. The molecular formula is C14H19N5O. The van der Waals surface area contributed by atoms with Crippen LogP contribution in [0.15, 0.2) is 29.5 Å².